The van der Waals surface area contributed by atoms with Crippen molar-refractivity contribution in [3.05, 3.63) is 64.2 Å². The highest BCUT2D eigenvalue weighted by molar-refractivity contribution is 6.31. The second-order valence-corrected chi connectivity index (χ2v) is 6.06. The first kappa shape index (κ1) is 16.3. The van der Waals surface area contributed by atoms with Crippen LogP contribution >= 0.6 is 11.6 Å². The lowest BCUT2D eigenvalue weighted by Crippen LogP contribution is -2.38. The first-order valence-electron chi connectivity index (χ1n) is 7.61. The van der Waals surface area contributed by atoms with Gasteiger partial charge in [-0.15, -0.1) is 0 Å². The Labute approximate surface area is 145 Å². The van der Waals surface area contributed by atoms with Crippen molar-refractivity contribution in [1.82, 2.24) is 4.90 Å². The molecule has 0 aliphatic carbocycles. The van der Waals surface area contributed by atoms with E-state index in [0.717, 1.165) is 12.0 Å². The zero-order valence-electron chi connectivity index (χ0n) is 13.0. The van der Waals surface area contributed by atoms with Crippen LogP contribution in [0.2, 0.25) is 5.02 Å². The highest BCUT2D eigenvalue weighted by atomic mass is 35.5. The summed E-state index contributed by atoms with van der Waals surface area (Å²) in [6, 6.07) is 12.6. The minimum absolute atomic E-state index is 0.130. The average molecular weight is 345 g/mol. The molecule has 5 nitrogen and oxygen atoms in total. The average Bonchev–Trinajstić information content (AvgIpc) is 2.59. The third-order valence-electron chi connectivity index (χ3n) is 4.04. The summed E-state index contributed by atoms with van der Waals surface area (Å²) in [5.74, 6) is -0.514. The Morgan fingerprint density at radius 3 is 2.67 bits per heavy atom. The molecule has 0 aromatic heterocycles. The van der Waals surface area contributed by atoms with E-state index < -0.39 is 5.91 Å². The zero-order chi connectivity index (χ0) is 17.1. The van der Waals surface area contributed by atoms with Gasteiger partial charge in [0.25, 0.3) is 11.8 Å². The number of carbonyl (C=O) groups is 2. The van der Waals surface area contributed by atoms with Crippen LogP contribution in [0.1, 0.15) is 21.5 Å². The Hall–Kier alpha value is -2.53. The number of hydrogen-bond acceptors (Lipinski definition) is 3. The van der Waals surface area contributed by atoms with E-state index >= 15 is 0 Å². The van der Waals surface area contributed by atoms with E-state index in [1.54, 1.807) is 17.0 Å². The first-order chi connectivity index (χ1) is 11.5. The molecule has 3 rings (SSSR count). The number of rotatable bonds is 4. The summed E-state index contributed by atoms with van der Waals surface area (Å²) in [5.41, 5.74) is 7.91. The van der Waals surface area contributed by atoms with Gasteiger partial charge in [0.05, 0.1) is 5.56 Å². The second-order valence-electron chi connectivity index (χ2n) is 5.63. The molecule has 2 N–H and O–H groups in total. The summed E-state index contributed by atoms with van der Waals surface area (Å²) in [4.78, 5) is 25.6. The van der Waals surface area contributed by atoms with Gasteiger partial charge in [0.2, 0.25) is 0 Å². The first-order valence-corrected chi connectivity index (χ1v) is 7.99. The molecule has 0 unspecified atom stereocenters. The molecule has 1 aliphatic heterocycles. The normalized spacial score (nSPS) is 13.3. The number of benzene rings is 2. The molecule has 2 aromatic carbocycles. The molecule has 24 heavy (non-hydrogen) atoms. The fourth-order valence-corrected chi connectivity index (χ4v) is 2.93. The highest BCUT2D eigenvalue weighted by Gasteiger charge is 2.21. The second kappa shape index (κ2) is 6.93. The predicted molar refractivity (Wildman–Crippen MR) is 91.0 cm³/mol. The molecule has 1 heterocycles. The smallest absolute Gasteiger partial charge is 0.260 e. The van der Waals surface area contributed by atoms with Crippen molar-refractivity contribution in [2.75, 3.05) is 13.2 Å². The number of halogens is 1. The molecular formula is C18H17ClN2O3. The Morgan fingerprint density at radius 1 is 1.17 bits per heavy atom. The number of amides is 2. The number of carbonyl (C=O) groups excluding carboxylic acids is 2. The number of nitrogens with zero attached hydrogens (tertiary/aromatic N) is 1. The molecule has 6 heteroatoms. The molecule has 0 saturated heterocycles. The van der Waals surface area contributed by atoms with Crippen LogP contribution in [0.15, 0.2) is 42.5 Å². The minimum atomic E-state index is -0.646. The minimum Gasteiger partial charge on any atom is -0.483 e. The van der Waals surface area contributed by atoms with Crippen molar-refractivity contribution in [2.24, 2.45) is 5.73 Å². The van der Waals surface area contributed by atoms with Crippen molar-refractivity contribution < 1.29 is 14.3 Å². The van der Waals surface area contributed by atoms with Gasteiger partial charge in [-0.25, -0.2) is 0 Å². The molecule has 0 saturated carbocycles. The van der Waals surface area contributed by atoms with Gasteiger partial charge >= 0.3 is 0 Å². The maximum absolute atomic E-state index is 12.4. The molecule has 2 amide bonds. The number of nitrogens with two attached hydrogens (primary N) is 1. The summed E-state index contributed by atoms with van der Waals surface area (Å²) in [6.07, 6.45) is 0.829. The molecule has 0 radical (unpaired) electrons. The van der Waals surface area contributed by atoms with Crippen molar-refractivity contribution in [3.63, 3.8) is 0 Å². The highest BCUT2D eigenvalue weighted by Crippen LogP contribution is 2.23. The van der Waals surface area contributed by atoms with Gasteiger partial charge in [0, 0.05) is 18.1 Å². The SMILES string of the molecule is NC(=O)c1cc(Cl)ccc1OCC(=O)N1CCc2ccccc2C1. The molecule has 0 fully saturated rings. The van der Waals surface area contributed by atoms with Crippen molar-refractivity contribution in [1.29, 1.82) is 0 Å². The van der Waals surface area contributed by atoms with Gasteiger partial charge in [-0.1, -0.05) is 35.9 Å². The maximum Gasteiger partial charge on any atom is 0.260 e. The summed E-state index contributed by atoms with van der Waals surface area (Å²) >= 11 is 5.85. The van der Waals surface area contributed by atoms with E-state index in [1.807, 2.05) is 18.2 Å². The Morgan fingerprint density at radius 2 is 1.92 bits per heavy atom. The van der Waals surface area contributed by atoms with Crippen molar-refractivity contribution in [3.8, 4) is 5.75 Å². The molecule has 0 spiro atoms. The zero-order valence-corrected chi connectivity index (χ0v) is 13.8. The fourth-order valence-electron chi connectivity index (χ4n) is 2.76. The Bertz CT molecular complexity index is 792. The molecule has 0 atom stereocenters. The lowest BCUT2D eigenvalue weighted by atomic mass is 10.00. The van der Waals surface area contributed by atoms with Crippen LogP contribution in [-0.4, -0.2) is 29.9 Å². The molecular weight excluding hydrogens is 328 g/mol. The van der Waals surface area contributed by atoms with Gasteiger partial charge in [0.15, 0.2) is 6.61 Å². The lowest BCUT2D eigenvalue weighted by Gasteiger charge is -2.28. The third kappa shape index (κ3) is 3.51. The summed E-state index contributed by atoms with van der Waals surface area (Å²) in [6.45, 7) is 1.08. The number of ether oxygens (including phenoxy) is 1. The van der Waals surface area contributed by atoms with Crippen LogP contribution < -0.4 is 10.5 Å². The number of hydrogen-bond donors (Lipinski definition) is 1. The van der Waals surface area contributed by atoms with Crippen LogP contribution in [0.3, 0.4) is 0 Å². The van der Waals surface area contributed by atoms with Crippen LogP contribution in [0, 0.1) is 0 Å². The van der Waals surface area contributed by atoms with E-state index in [1.165, 1.54) is 11.6 Å². The topological polar surface area (TPSA) is 72.6 Å². The Balaban J connectivity index is 1.66. The molecule has 0 bridgehead atoms. The van der Waals surface area contributed by atoms with Crippen molar-refractivity contribution >= 4 is 23.4 Å². The summed E-state index contributed by atoms with van der Waals surface area (Å²) < 4.78 is 5.51. The van der Waals surface area contributed by atoms with Gasteiger partial charge in [-0.05, 0) is 35.7 Å². The van der Waals surface area contributed by atoms with E-state index in [9.17, 15) is 9.59 Å². The van der Waals surface area contributed by atoms with E-state index in [-0.39, 0.29) is 23.8 Å². The molecule has 1 aliphatic rings. The number of fused-ring (bicyclic) bond motifs is 1. The summed E-state index contributed by atoms with van der Waals surface area (Å²) in [5, 5.41) is 0.384. The van der Waals surface area contributed by atoms with Gasteiger partial charge in [0.1, 0.15) is 5.75 Å². The van der Waals surface area contributed by atoms with Gasteiger partial charge < -0.3 is 15.4 Å². The number of primary amides is 1. The quantitative estimate of drug-likeness (QED) is 0.925. The standard InChI is InChI=1S/C18H17ClN2O3/c19-14-5-6-16(15(9-14)18(20)23)24-11-17(22)21-8-7-12-3-1-2-4-13(12)10-21/h1-6,9H,7-8,10-11H2,(H2,20,23). The Kier molecular flexibility index (Phi) is 4.71. The largest absolute Gasteiger partial charge is 0.483 e. The van der Waals surface area contributed by atoms with Crippen LogP contribution in [0.5, 0.6) is 5.75 Å². The fraction of sp³-hybridized carbons (Fsp3) is 0.222. The molecule has 124 valence electrons. The van der Waals surface area contributed by atoms with Gasteiger partial charge in [-0.3, -0.25) is 9.59 Å². The lowest BCUT2D eigenvalue weighted by molar-refractivity contribution is -0.134. The molecule has 2 aromatic rings. The predicted octanol–water partition coefficient (Wildman–Crippen LogP) is 2.40. The van der Waals surface area contributed by atoms with Crippen LogP contribution in [0.25, 0.3) is 0 Å². The van der Waals surface area contributed by atoms with Crippen LogP contribution in [0.4, 0.5) is 0 Å². The van der Waals surface area contributed by atoms with E-state index in [2.05, 4.69) is 6.07 Å². The van der Waals surface area contributed by atoms with Gasteiger partial charge in [-0.2, -0.15) is 0 Å². The maximum atomic E-state index is 12.4. The van der Waals surface area contributed by atoms with E-state index in [4.69, 9.17) is 22.1 Å². The van der Waals surface area contributed by atoms with Crippen LogP contribution in [-0.2, 0) is 17.8 Å². The third-order valence-corrected chi connectivity index (χ3v) is 4.28. The summed E-state index contributed by atoms with van der Waals surface area (Å²) in [7, 11) is 0. The van der Waals surface area contributed by atoms with E-state index in [0.29, 0.717) is 18.1 Å². The van der Waals surface area contributed by atoms with Crippen molar-refractivity contribution in [2.45, 2.75) is 13.0 Å². The monoisotopic (exact) mass is 344 g/mol.